The minimum atomic E-state index is -0.449. The molecule has 1 atom stereocenters. The molecule has 1 amide bonds. The molecule has 0 aliphatic carbocycles. The van der Waals surface area contributed by atoms with Crippen molar-refractivity contribution in [3.05, 3.63) is 0 Å². The topological polar surface area (TPSA) is 59.0 Å². The molecule has 15 heavy (non-hydrogen) atoms. The van der Waals surface area contributed by atoms with E-state index in [-0.39, 0.29) is 17.6 Å². The van der Waals surface area contributed by atoms with Gasteiger partial charge < -0.3 is 19.5 Å². The van der Waals surface area contributed by atoms with Gasteiger partial charge in [-0.1, -0.05) is 0 Å². The fourth-order valence-corrected chi connectivity index (χ4v) is 1.86. The zero-order valence-corrected chi connectivity index (χ0v) is 9.52. The van der Waals surface area contributed by atoms with Crippen molar-refractivity contribution >= 4 is 5.91 Å². The van der Waals surface area contributed by atoms with Gasteiger partial charge in [0.25, 0.3) is 0 Å². The van der Waals surface area contributed by atoms with Crippen LogP contribution in [0.1, 0.15) is 13.8 Å². The van der Waals surface area contributed by atoms with Gasteiger partial charge in [0, 0.05) is 20.2 Å². The lowest BCUT2D eigenvalue weighted by atomic mass is 10.1. The Labute approximate surface area is 90.0 Å². The molecule has 0 aromatic rings. The summed E-state index contributed by atoms with van der Waals surface area (Å²) in [5, 5.41) is 8.81. The molecular weight excluding hydrogens is 198 g/mol. The largest absolute Gasteiger partial charge is 0.387 e. The maximum atomic E-state index is 11.4. The number of hydrogen-bond donors (Lipinski definition) is 1. The van der Waals surface area contributed by atoms with Gasteiger partial charge in [0.15, 0.2) is 0 Å². The van der Waals surface area contributed by atoms with Crippen molar-refractivity contribution in [2.45, 2.75) is 25.6 Å². The molecular formula is C10H19NO4. The summed E-state index contributed by atoms with van der Waals surface area (Å²) in [6, 6.07) is 0. The van der Waals surface area contributed by atoms with Crippen LogP contribution in [0.5, 0.6) is 0 Å². The van der Waals surface area contributed by atoms with Gasteiger partial charge >= 0.3 is 0 Å². The van der Waals surface area contributed by atoms with Crippen molar-refractivity contribution in [3.63, 3.8) is 0 Å². The van der Waals surface area contributed by atoms with Crippen LogP contribution in [0.25, 0.3) is 0 Å². The minimum Gasteiger partial charge on any atom is -0.387 e. The Kier molecular flexibility index (Phi) is 4.07. The molecule has 0 saturated carbocycles. The second-order valence-electron chi connectivity index (χ2n) is 4.39. The molecule has 1 aliphatic rings. The fourth-order valence-electron chi connectivity index (χ4n) is 1.86. The Morgan fingerprint density at radius 3 is 2.87 bits per heavy atom. The lowest BCUT2D eigenvalue weighted by Crippen LogP contribution is -2.56. The number of carbonyl (C=O) groups excluding carboxylic acids is 1. The van der Waals surface area contributed by atoms with Crippen molar-refractivity contribution in [2.24, 2.45) is 0 Å². The van der Waals surface area contributed by atoms with Crippen LogP contribution in [0.15, 0.2) is 0 Å². The molecule has 88 valence electrons. The first-order valence-corrected chi connectivity index (χ1v) is 5.04. The van der Waals surface area contributed by atoms with Gasteiger partial charge in [0.2, 0.25) is 5.91 Å². The number of morpholine rings is 1. The second-order valence-corrected chi connectivity index (χ2v) is 4.39. The first kappa shape index (κ1) is 12.4. The number of rotatable bonds is 3. The molecule has 1 rings (SSSR count). The van der Waals surface area contributed by atoms with E-state index in [0.717, 1.165) is 0 Å². The maximum absolute atomic E-state index is 11.4. The molecule has 0 radical (unpaired) electrons. The third kappa shape index (κ3) is 3.44. The molecule has 1 heterocycles. The molecule has 1 fully saturated rings. The Morgan fingerprint density at radius 1 is 1.67 bits per heavy atom. The Morgan fingerprint density at radius 2 is 2.33 bits per heavy atom. The molecule has 1 saturated heterocycles. The highest BCUT2D eigenvalue weighted by atomic mass is 16.5. The lowest BCUT2D eigenvalue weighted by Gasteiger charge is -2.42. The van der Waals surface area contributed by atoms with Crippen LogP contribution in [0, 0.1) is 0 Å². The first-order chi connectivity index (χ1) is 6.98. The number of aliphatic hydroxyl groups excluding tert-OH is 1. The predicted molar refractivity (Wildman–Crippen MR) is 54.5 cm³/mol. The zero-order chi connectivity index (χ0) is 11.5. The molecule has 1 N–H and O–H groups in total. The van der Waals surface area contributed by atoms with Crippen molar-refractivity contribution in [1.82, 2.24) is 4.90 Å². The van der Waals surface area contributed by atoms with Gasteiger partial charge in [-0.15, -0.1) is 0 Å². The number of ether oxygens (including phenoxy) is 2. The van der Waals surface area contributed by atoms with E-state index in [2.05, 4.69) is 0 Å². The summed E-state index contributed by atoms with van der Waals surface area (Å²) >= 11 is 0. The van der Waals surface area contributed by atoms with E-state index in [1.54, 1.807) is 12.0 Å². The predicted octanol–water partition coefficient (Wildman–Crippen LogP) is -0.369. The van der Waals surface area contributed by atoms with Crippen LogP contribution in [0.3, 0.4) is 0 Å². The summed E-state index contributed by atoms with van der Waals surface area (Å²) < 4.78 is 10.7. The Hall–Kier alpha value is -0.650. The molecule has 0 aromatic heterocycles. The summed E-state index contributed by atoms with van der Waals surface area (Å²) in [6.45, 7) is 4.84. The zero-order valence-electron chi connectivity index (χ0n) is 9.52. The molecule has 0 aromatic carbocycles. The number of amides is 1. The summed E-state index contributed by atoms with van der Waals surface area (Å²) in [5.41, 5.74) is -0.383. The molecule has 0 spiro atoms. The van der Waals surface area contributed by atoms with Crippen LogP contribution in [-0.4, -0.2) is 61.0 Å². The first-order valence-electron chi connectivity index (χ1n) is 5.04. The molecule has 1 unspecified atom stereocenters. The highest BCUT2D eigenvalue weighted by Crippen LogP contribution is 2.21. The monoisotopic (exact) mass is 217 g/mol. The number of hydrogen-bond acceptors (Lipinski definition) is 4. The molecule has 5 heteroatoms. The van der Waals surface area contributed by atoms with Gasteiger partial charge in [-0.2, -0.15) is 0 Å². The minimum absolute atomic E-state index is 0.116. The maximum Gasteiger partial charge on any atom is 0.248 e. The average Bonchev–Trinajstić information content (AvgIpc) is 2.14. The van der Waals surface area contributed by atoms with Crippen LogP contribution in [0.4, 0.5) is 0 Å². The van der Waals surface area contributed by atoms with Gasteiger partial charge in [0.1, 0.15) is 6.61 Å². The third-order valence-electron chi connectivity index (χ3n) is 2.32. The summed E-state index contributed by atoms with van der Waals surface area (Å²) in [4.78, 5) is 13.0. The van der Waals surface area contributed by atoms with Gasteiger partial charge in [-0.3, -0.25) is 4.79 Å². The van der Waals surface area contributed by atoms with E-state index < -0.39 is 6.61 Å². The highest BCUT2D eigenvalue weighted by Gasteiger charge is 2.35. The van der Waals surface area contributed by atoms with Gasteiger partial charge in [-0.25, -0.2) is 0 Å². The van der Waals surface area contributed by atoms with Crippen LogP contribution in [-0.2, 0) is 14.3 Å². The third-order valence-corrected chi connectivity index (χ3v) is 2.32. The Bertz CT molecular complexity index is 229. The number of nitrogens with zero attached hydrogens (tertiary/aromatic N) is 1. The van der Waals surface area contributed by atoms with Gasteiger partial charge in [0.05, 0.1) is 18.3 Å². The molecule has 1 aliphatic heterocycles. The van der Waals surface area contributed by atoms with E-state index >= 15 is 0 Å². The van der Waals surface area contributed by atoms with E-state index in [1.807, 2.05) is 13.8 Å². The van der Waals surface area contributed by atoms with Gasteiger partial charge in [-0.05, 0) is 13.8 Å². The smallest absolute Gasteiger partial charge is 0.248 e. The van der Waals surface area contributed by atoms with Crippen molar-refractivity contribution < 1.29 is 19.4 Å². The molecule has 0 bridgehead atoms. The van der Waals surface area contributed by atoms with E-state index in [4.69, 9.17) is 14.6 Å². The van der Waals surface area contributed by atoms with E-state index in [1.165, 1.54) is 0 Å². The summed E-state index contributed by atoms with van der Waals surface area (Å²) in [7, 11) is 1.60. The van der Waals surface area contributed by atoms with Crippen LogP contribution < -0.4 is 0 Å². The van der Waals surface area contributed by atoms with E-state index in [0.29, 0.717) is 19.7 Å². The number of methoxy groups -OCH3 is 1. The van der Waals surface area contributed by atoms with Crippen LogP contribution >= 0.6 is 0 Å². The second kappa shape index (κ2) is 4.92. The highest BCUT2D eigenvalue weighted by molar-refractivity contribution is 5.77. The SMILES string of the molecule is COCC1CN(C(=O)CO)CC(C)(C)O1. The number of aliphatic hydroxyl groups is 1. The Balaban J connectivity index is 2.63. The summed E-state index contributed by atoms with van der Waals surface area (Å²) in [5.74, 6) is -0.257. The van der Waals surface area contributed by atoms with Crippen molar-refractivity contribution in [3.8, 4) is 0 Å². The van der Waals surface area contributed by atoms with E-state index in [9.17, 15) is 4.79 Å². The molecule has 5 nitrogen and oxygen atoms in total. The normalized spacial score (nSPS) is 25.3. The van der Waals surface area contributed by atoms with Crippen molar-refractivity contribution in [1.29, 1.82) is 0 Å². The number of carbonyl (C=O) groups is 1. The lowest BCUT2D eigenvalue weighted by molar-refractivity contribution is -0.170. The average molecular weight is 217 g/mol. The van der Waals surface area contributed by atoms with Crippen molar-refractivity contribution in [2.75, 3.05) is 33.4 Å². The quantitative estimate of drug-likeness (QED) is 0.701. The fraction of sp³-hybridized carbons (Fsp3) is 0.900. The van der Waals surface area contributed by atoms with Crippen LogP contribution in [0.2, 0.25) is 0 Å². The summed E-state index contributed by atoms with van der Waals surface area (Å²) in [6.07, 6.45) is -0.116. The standard InChI is InChI=1S/C10H19NO4/c1-10(2)7-11(9(13)5-12)4-8(15-10)6-14-3/h8,12H,4-7H2,1-3H3.